The molecule has 0 aliphatic heterocycles. The van der Waals surface area contributed by atoms with Crippen LogP contribution in [0, 0.1) is 13.8 Å². The smallest absolute Gasteiger partial charge is 0.166 e. The molecule has 2 aromatic rings. The van der Waals surface area contributed by atoms with Crippen LogP contribution in [0.3, 0.4) is 0 Å². The SMILES string of the molecule is Cc1cc(C)cc(CC(NC(=S)NCCO)c2cccs2)c1. The van der Waals surface area contributed by atoms with Gasteiger partial charge in [0.1, 0.15) is 0 Å². The summed E-state index contributed by atoms with van der Waals surface area (Å²) < 4.78 is 0. The van der Waals surface area contributed by atoms with Crippen LogP contribution < -0.4 is 10.6 Å². The van der Waals surface area contributed by atoms with Crippen LogP contribution >= 0.6 is 23.6 Å². The fourth-order valence-corrected chi connectivity index (χ4v) is 3.54. The number of hydrogen-bond donors (Lipinski definition) is 3. The number of rotatable bonds is 6. The summed E-state index contributed by atoms with van der Waals surface area (Å²) in [5.74, 6) is 0. The zero-order valence-electron chi connectivity index (χ0n) is 12.9. The molecule has 2 rings (SSSR count). The quantitative estimate of drug-likeness (QED) is 0.710. The topological polar surface area (TPSA) is 44.3 Å². The summed E-state index contributed by atoms with van der Waals surface area (Å²) in [6, 6.07) is 10.9. The van der Waals surface area contributed by atoms with Crippen LogP contribution in [0.2, 0.25) is 0 Å². The summed E-state index contributed by atoms with van der Waals surface area (Å²) >= 11 is 7.03. The Morgan fingerprint density at radius 1 is 1.27 bits per heavy atom. The Hall–Kier alpha value is -1.43. The van der Waals surface area contributed by atoms with Gasteiger partial charge in [0.2, 0.25) is 0 Å². The molecule has 1 heterocycles. The highest BCUT2D eigenvalue weighted by Gasteiger charge is 2.15. The Bertz CT molecular complexity index is 591. The van der Waals surface area contributed by atoms with Gasteiger partial charge in [0.15, 0.2) is 5.11 Å². The van der Waals surface area contributed by atoms with Gasteiger partial charge in [-0.25, -0.2) is 0 Å². The van der Waals surface area contributed by atoms with Gasteiger partial charge in [-0.05, 0) is 49.5 Å². The van der Waals surface area contributed by atoms with E-state index in [-0.39, 0.29) is 12.6 Å². The maximum Gasteiger partial charge on any atom is 0.166 e. The Morgan fingerprint density at radius 2 is 2.00 bits per heavy atom. The van der Waals surface area contributed by atoms with Crippen molar-refractivity contribution in [1.29, 1.82) is 0 Å². The second-order valence-electron chi connectivity index (χ2n) is 5.39. The normalized spacial score (nSPS) is 12.0. The highest BCUT2D eigenvalue weighted by Crippen LogP contribution is 2.24. The lowest BCUT2D eigenvalue weighted by Crippen LogP contribution is -2.39. The molecule has 0 radical (unpaired) electrons. The van der Waals surface area contributed by atoms with Crippen molar-refractivity contribution in [3.05, 3.63) is 57.3 Å². The number of nitrogens with one attached hydrogen (secondary N) is 2. The van der Waals surface area contributed by atoms with E-state index in [9.17, 15) is 0 Å². The number of thiocarbonyl (C=S) groups is 1. The van der Waals surface area contributed by atoms with Crippen molar-refractivity contribution in [3.8, 4) is 0 Å². The van der Waals surface area contributed by atoms with E-state index in [4.69, 9.17) is 17.3 Å². The van der Waals surface area contributed by atoms with Crippen molar-refractivity contribution in [2.75, 3.05) is 13.2 Å². The minimum atomic E-state index is 0.0720. The Kier molecular flexibility index (Phi) is 6.36. The van der Waals surface area contributed by atoms with Gasteiger partial charge in [-0.2, -0.15) is 0 Å². The van der Waals surface area contributed by atoms with E-state index in [1.54, 1.807) is 11.3 Å². The first kappa shape index (κ1) is 16.9. The third-order valence-corrected chi connectivity index (χ3v) is 4.56. The van der Waals surface area contributed by atoms with Crippen LogP contribution in [0.25, 0.3) is 0 Å². The molecule has 0 fully saturated rings. The lowest BCUT2D eigenvalue weighted by Gasteiger charge is -2.20. The van der Waals surface area contributed by atoms with E-state index >= 15 is 0 Å². The minimum absolute atomic E-state index is 0.0720. The monoisotopic (exact) mass is 334 g/mol. The Balaban J connectivity index is 2.12. The summed E-state index contributed by atoms with van der Waals surface area (Å²) in [5, 5.41) is 17.9. The molecule has 0 amide bonds. The molecule has 118 valence electrons. The molecule has 5 heteroatoms. The van der Waals surface area contributed by atoms with Crippen LogP contribution in [0.5, 0.6) is 0 Å². The summed E-state index contributed by atoms with van der Waals surface area (Å²) in [6.07, 6.45) is 0.879. The first-order valence-electron chi connectivity index (χ1n) is 7.34. The molecule has 0 spiro atoms. The predicted molar refractivity (Wildman–Crippen MR) is 97.5 cm³/mol. The highest BCUT2D eigenvalue weighted by molar-refractivity contribution is 7.80. The van der Waals surface area contributed by atoms with E-state index in [2.05, 4.69) is 60.2 Å². The first-order valence-corrected chi connectivity index (χ1v) is 8.63. The summed E-state index contributed by atoms with van der Waals surface area (Å²) in [7, 11) is 0. The van der Waals surface area contributed by atoms with Gasteiger partial charge in [-0.3, -0.25) is 0 Å². The third-order valence-electron chi connectivity index (χ3n) is 3.31. The zero-order valence-corrected chi connectivity index (χ0v) is 14.6. The molecule has 1 unspecified atom stereocenters. The molecule has 0 saturated heterocycles. The van der Waals surface area contributed by atoms with Gasteiger partial charge in [0, 0.05) is 11.4 Å². The second kappa shape index (κ2) is 8.27. The van der Waals surface area contributed by atoms with Crippen molar-refractivity contribution < 1.29 is 5.11 Å². The zero-order chi connectivity index (χ0) is 15.9. The molecule has 3 nitrogen and oxygen atoms in total. The van der Waals surface area contributed by atoms with Gasteiger partial charge >= 0.3 is 0 Å². The fraction of sp³-hybridized carbons (Fsp3) is 0.353. The lowest BCUT2D eigenvalue weighted by atomic mass is 10.0. The molecule has 1 aromatic heterocycles. The number of hydrogen-bond acceptors (Lipinski definition) is 3. The molecule has 1 atom stereocenters. The molecular formula is C17H22N2OS2. The number of aliphatic hydroxyl groups is 1. The number of thiophene rings is 1. The van der Waals surface area contributed by atoms with E-state index in [0.717, 1.165) is 6.42 Å². The average Bonchev–Trinajstić information content (AvgIpc) is 2.97. The highest BCUT2D eigenvalue weighted by atomic mass is 32.1. The van der Waals surface area contributed by atoms with Crippen molar-refractivity contribution >= 4 is 28.7 Å². The van der Waals surface area contributed by atoms with Crippen LogP contribution in [0.4, 0.5) is 0 Å². The maximum absolute atomic E-state index is 8.88. The molecule has 0 aliphatic carbocycles. The largest absolute Gasteiger partial charge is 0.395 e. The molecule has 0 bridgehead atoms. The maximum atomic E-state index is 8.88. The van der Waals surface area contributed by atoms with Crippen LogP contribution in [-0.2, 0) is 6.42 Å². The van der Waals surface area contributed by atoms with Gasteiger partial charge in [-0.15, -0.1) is 11.3 Å². The number of benzene rings is 1. The van der Waals surface area contributed by atoms with Gasteiger partial charge in [0.25, 0.3) is 0 Å². The van der Waals surface area contributed by atoms with Crippen LogP contribution in [0.1, 0.15) is 27.6 Å². The average molecular weight is 335 g/mol. The molecule has 22 heavy (non-hydrogen) atoms. The lowest BCUT2D eigenvalue weighted by molar-refractivity contribution is 0.300. The van der Waals surface area contributed by atoms with Crippen molar-refractivity contribution in [2.24, 2.45) is 0 Å². The predicted octanol–water partition coefficient (Wildman–Crippen LogP) is 3.11. The van der Waals surface area contributed by atoms with Crippen molar-refractivity contribution in [3.63, 3.8) is 0 Å². The third kappa shape index (κ3) is 5.09. The molecule has 1 aromatic carbocycles. The molecule has 0 aliphatic rings. The summed E-state index contributed by atoms with van der Waals surface area (Å²) in [5.41, 5.74) is 3.86. The van der Waals surface area contributed by atoms with Gasteiger partial charge in [-0.1, -0.05) is 35.4 Å². The summed E-state index contributed by atoms with van der Waals surface area (Å²) in [6.45, 7) is 4.78. The standard InChI is InChI=1S/C17H22N2OS2/c1-12-8-13(2)10-14(9-12)11-15(16-4-3-7-22-16)19-17(21)18-5-6-20/h3-4,7-10,15,20H,5-6,11H2,1-2H3,(H2,18,19,21). The fourth-order valence-electron chi connectivity index (χ4n) is 2.51. The summed E-state index contributed by atoms with van der Waals surface area (Å²) in [4.78, 5) is 1.26. The van der Waals surface area contributed by atoms with E-state index in [1.165, 1.54) is 21.6 Å². The molecule has 3 N–H and O–H groups in total. The second-order valence-corrected chi connectivity index (χ2v) is 6.78. The van der Waals surface area contributed by atoms with Crippen molar-refractivity contribution in [1.82, 2.24) is 10.6 Å². The van der Waals surface area contributed by atoms with E-state index in [0.29, 0.717) is 11.7 Å². The van der Waals surface area contributed by atoms with Crippen LogP contribution in [0.15, 0.2) is 35.7 Å². The van der Waals surface area contributed by atoms with Gasteiger partial charge < -0.3 is 15.7 Å². The first-order chi connectivity index (χ1) is 10.6. The van der Waals surface area contributed by atoms with Gasteiger partial charge in [0.05, 0.1) is 12.6 Å². The number of aryl methyl sites for hydroxylation is 2. The van der Waals surface area contributed by atoms with E-state index < -0.39 is 0 Å². The molecule has 0 saturated carbocycles. The van der Waals surface area contributed by atoms with Crippen molar-refractivity contribution in [2.45, 2.75) is 26.3 Å². The number of aliphatic hydroxyl groups excluding tert-OH is 1. The minimum Gasteiger partial charge on any atom is -0.395 e. The Labute approximate surface area is 141 Å². The Morgan fingerprint density at radius 3 is 2.59 bits per heavy atom. The molecular weight excluding hydrogens is 312 g/mol. The van der Waals surface area contributed by atoms with Crippen LogP contribution in [-0.4, -0.2) is 23.4 Å². The van der Waals surface area contributed by atoms with E-state index in [1.807, 2.05) is 0 Å².